The zero-order chi connectivity index (χ0) is 12.2. The number of hydrogen-bond donors (Lipinski definition) is 0. The number of likely N-dealkylation sites (tertiary alicyclic amines) is 1. The summed E-state index contributed by atoms with van der Waals surface area (Å²) in [5.74, 6) is 0. The van der Waals surface area contributed by atoms with Crippen LogP contribution in [0.3, 0.4) is 0 Å². The van der Waals surface area contributed by atoms with E-state index in [1.807, 2.05) is 0 Å². The molecule has 0 amide bonds. The van der Waals surface area contributed by atoms with Gasteiger partial charge in [0, 0.05) is 19.2 Å². The first-order valence-electron chi connectivity index (χ1n) is 7.34. The van der Waals surface area contributed by atoms with Crippen LogP contribution in [0.25, 0.3) is 0 Å². The van der Waals surface area contributed by atoms with Crippen molar-refractivity contribution in [2.45, 2.75) is 44.2 Å². The highest BCUT2D eigenvalue weighted by Gasteiger charge is 2.28. The van der Waals surface area contributed by atoms with Crippen molar-refractivity contribution < 1.29 is 4.74 Å². The van der Waals surface area contributed by atoms with Crippen LogP contribution >= 0.6 is 0 Å². The fourth-order valence-corrected chi connectivity index (χ4v) is 3.31. The highest BCUT2D eigenvalue weighted by Crippen LogP contribution is 2.32. The molecule has 1 aromatic carbocycles. The van der Waals surface area contributed by atoms with Crippen LogP contribution in [0.2, 0.25) is 0 Å². The summed E-state index contributed by atoms with van der Waals surface area (Å²) >= 11 is 0. The Morgan fingerprint density at radius 2 is 1.94 bits per heavy atom. The van der Waals surface area contributed by atoms with Crippen LogP contribution in [-0.4, -0.2) is 30.7 Å². The monoisotopic (exact) mass is 245 g/mol. The van der Waals surface area contributed by atoms with Gasteiger partial charge in [-0.15, -0.1) is 0 Å². The summed E-state index contributed by atoms with van der Waals surface area (Å²) in [6, 6.07) is 11.6. The van der Waals surface area contributed by atoms with Crippen molar-refractivity contribution in [1.82, 2.24) is 4.90 Å². The molecule has 0 spiro atoms. The van der Waals surface area contributed by atoms with E-state index in [0.717, 1.165) is 13.2 Å². The first-order valence-corrected chi connectivity index (χ1v) is 7.34. The van der Waals surface area contributed by atoms with Crippen LogP contribution in [-0.2, 0) is 4.74 Å². The van der Waals surface area contributed by atoms with Gasteiger partial charge >= 0.3 is 0 Å². The topological polar surface area (TPSA) is 12.5 Å². The molecule has 2 heterocycles. The van der Waals surface area contributed by atoms with Gasteiger partial charge in [0.2, 0.25) is 0 Å². The van der Waals surface area contributed by atoms with Crippen molar-refractivity contribution in [3.63, 3.8) is 0 Å². The largest absolute Gasteiger partial charge is 0.377 e. The van der Waals surface area contributed by atoms with Gasteiger partial charge in [-0.05, 0) is 44.2 Å². The molecule has 1 aromatic rings. The highest BCUT2D eigenvalue weighted by molar-refractivity contribution is 5.20. The first kappa shape index (κ1) is 12.2. The zero-order valence-corrected chi connectivity index (χ0v) is 11.1. The predicted octanol–water partition coefficient (Wildman–Crippen LogP) is 3.39. The number of ether oxygens (including phenoxy) is 1. The van der Waals surface area contributed by atoms with E-state index in [1.165, 1.54) is 44.2 Å². The lowest BCUT2D eigenvalue weighted by molar-refractivity contribution is -0.00806. The molecule has 0 N–H and O–H groups in total. The average molecular weight is 245 g/mol. The summed E-state index contributed by atoms with van der Waals surface area (Å²) in [5.41, 5.74) is 1.48. The summed E-state index contributed by atoms with van der Waals surface area (Å²) < 4.78 is 5.88. The summed E-state index contributed by atoms with van der Waals surface area (Å²) in [5, 5.41) is 0. The average Bonchev–Trinajstić information content (AvgIpc) is 2.89. The van der Waals surface area contributed by atoms with Crippen LogP contribution in [0.4, 0.5) is 0 Å². The number of benzene rings is 1. The maximum Gasteiger partial charge on any atom is 0.0702 e. The third kappa shape index (κ3) is 2.76. The smallest absolute Gasteiger partial charge is 0.0702 e. The normalized spacial score (nSPS) is 29.6. The molecule has 2 aliphatic rings. The van der Waals surface area contributed by atoms with E-state index in [2.05, 4.69) is 35.2 Å². The van der Waals surface area contributed by atoms with Gasteiger partial charge in [-0.25, -0.2) is 0 Å². The van der Waals surface area contributed by atoms with E-state index in [4.69, 9.17) is 4.74 Å². The molecule has 2 unspecified atom stereocenters. The van der Waals surface area contributed by atoms with Crippen molar-refractivity contribution in [2.24, 2.45) is 0 Å². The third-order valence-corrected chi connectivity index (χ3v) is 4.26. The van der Waals surface area contributed by atoms with E-state index in [9.17, 15) is 0 Å². The Bertz CT molecular complexity index is 359. The lowest BCUT2D eigenvalue weighted by Gasteiger charge is -2.31. The van der Waals surface area contributed by atoms with Crippen LogP contribution < -0.4 is 0 Å². The van der Waals surface area contributed by atoms with E-state index in [-0.39, 0.29) is 0 Å². The SMILES string of the molecule is c1ccc(C2CCCN2CC2CCCCO2)cc1. The van der Waals surface area contributed by atoms with Crippen LogP contribution in [0.1, 0.15) is 43.7 Å². The maximum atomic E-state index is 5.88. The standard InChI is InChI=1S/C16H23NO/c1-2-7-14(8-3-1)16-10-6-11-17(16)13-15-9-4-5-12-18-15/h1-3,7-8,15-16H,4-6,9-13H2. The first-order chi connectivity index (χ1) is 8.93. The van der Waals surface area contributed by atoms with Gasteiger partial charge in [-0.1, -0.05) is 30.3 Å². The van der Waals surface area contributed by atoms with Crippen molar-refractivity contribution >= 4 is 0 Å². The van der Waals surface area contributed by atoms with E-state index in [1.54, 1.807) is 0 Å². The quantitative estimate of drug-likeness (QED) is 0.809. The van der Waals surface area contributed by atoms with Crippen molar-refractivity contribution in [3.8, 4) is 0 Å². The second-order valence-electron chi connectivity index (χ2n) is 5.55. The second kappa shape index (κ2) is 5.85. The van der Waals surface area contributed by atoms with Crippen molar-refractivity contribution in [1.29, 1.82) is 0 Å². The Hall–Kier alpha value is -0.860. The minimum absolute atomic E-state index is 0.475. The minimum atomic E-state index is 0.475. The lowest BCUT2D eigenvalue weighted by Crippen LogP contribution is -2.35. The summed E-state index contributed by atoms with van der Waals surface area (Å²) in [6.07, 6.45) is 6.94. The van der Waals surface area contributed by atoms with Gasteiger partial charge in [0.15, 0.2) is 0 Å². The Balaban J connectivity index is 1.64. The molecule has 2 fully saturated rings. The number of rotatable bonds is 3. The molecule has 0 aliphatic carbocycles. The van der Waals surface area contributed by atoms with E-state index in [0.29, 0.717) is 12.1 Å². The molecular formula is C16H23NO. The Labute approximate surface area is 110 Å². The zero-order valence-electron chi connectivity index (χ0n) is 11.1. The predicted molar refractivity (Wildman–Crippen MR) is 73.6 cm³/mol. The number of hydrogen-bond acceptors (Lipinski definition) is 2. The molecule has 2 atom stereocenters. The second-order valence-corrected chi connectivity index (χ2v) is 5.55. The van der Waals surface area contributed by atoms with Gasteiger partial charge in [-0.2, -0.15) is 0 Å². The summed E-state index contributed by atoms with van der Waals surface area (Å²) in [6.45, 7) is 3.33. The van der Waals surface area contributed by atoms with Gasteiger partial charge in [0.1, 0.15) is 0 Å². The molecule has 0 saturated carbocycles. The van der Waals surface area contributed by atoms with Gasteiger partial charge in [0.05, 0.1) is 6.10 Å². The van der Waals surface area contributed by atoms with Gasteiger partial charge in [0.25, 0.3) is 0 Å². The number of nitrogens with zero attached hydrogens (tertiary/aromatic N) is 1. The molecule has 0 bridgehead atoms. The third-order valence-electron chi connectivity index (χ3n) is 4.26. The summed E-state index contributed by atoms with van der Waals surface area (Å²) in [4.78, 5) is 2.63. The Kier molecular flexibility index (Phi) is 3.96. The van der Waals surface area contributed by atoms with Crippen molar-refractivity contribution in [2.75, 3.05) is 19.7 Å². The van der Waals surface area contributed by atoms with Crippen LogP contribution in [0.5, 0.6) is 0 Å². The Morgan fingerprint density at radius 1 is 1.06 bits per heavy atom. The van der Waals surface area contributed by atoms with E-state index >= 15 is 0 Å². The molecule has 0 radical (unpaired) electrons. The van der Waals surface area contributed by atoms with Gasteiger partial charge < -0.3 is 4.74 Å². The highest BCUT2D eigenvalue weighted by atomic mass is 16.5. The molecule has 2 nitrogen and oxygen atoms in total. The molecule has 98 valence electrons. The molecular weight excluding hydrogens is 222 g/mol. The molecule has 2 heteroatoms. The van der Waals surface area contributed by atoms with Crippen LogP contribution in [0, 0.1) is 0 Å². The Morgan fingerprint density at radius 3 is 2.72 bits per heavy atom. The molecule has 18 heavy (non-hydrogen) atoms. The molecule has 2 aliphatic heterocycles. The van der Waals surface area contributed by atoms with Crippen LogP contribution in [0.15, 0.2) is 30.3 Å². The maximum absolute atomic E-state index is 5.88. The van der Waals surface area contributed by atoms with E-state index < -0.39 is 0 Å². The molecule has 2 saturated heterocycles. The van der Waals surface area contributed by atoms with Crippen molar-refractivity contribution in [3.05, 3.63) is 35.9 Å². The van der Waals surface area contributed by atoms with Gasteiger partial charge in [-0.3, -0.25) is 4.90 Å². The fourth-order valence-electron chi connectivity index (χ4n) is 3.31. The molecule has 3 rings (SSSR count). The minimum Gasteiger partial charge on any atom is -0.377 e. The lowest BCUT2D eigenvalue weighted by atomic mass is 10.0. The summed E-state index contributed by atoms with van der Waals surface area (Å²) in [7, 11) is 0. The molecule has 0 aromatic heterocycles. The fraction of sp³-hybridized carbons (Fsp3) is 0.625.